The lowest BCUT2D eigenvalue weighted by Crippen LogP contribution is -2.49. The summed E-state index contributed by atoms with van der Waals surface area (Å²) in [7, 11) is 1.65. The van der Waals surface area contributed by atoms with Gasteiger partial charge in [0.05, 0.1) is 99.1 Å². The maximum atomic E-state index is 12.7. The minimum atomic E-state index is -0.156. The third-order valence-electron chi connectivity index (χ3n) is 6.18. The highest BCUT2D eigenvalue weighted by atomic mass is 32.1. The molecule has 0 heterocycles. The van der Waals surface area contributed by atoms with Gasteiger partial charge < -0.3 is 43.2 Å². The quantitative estimate of drug-likeness (QED) is 0.0728. The van der Waals surface area contributed by atoms with Gasteiger partial charge in [0.2, 0.25) is 5.91 Å². The van der Waals surface area contributed by atoms with Crippen molar-refractivity contribution in [1.82, 2.24) is 5.32 Å². The van der Waals surface area contributed by atoms with Crippen LogP contribution in [0.3, 0.4) is 0 Å². The van der Waals surface area contributed by atoms with E-state index in [4.69, 9.17) is 37.9 Å². The third-order valence-corrected chi connectivity index (χ3v) is 6.81. The second-order valence-electron chi connectivity index (χ2n) is 9.62. The molecular formula is C29H59NO9S2. The molecule has 246 valence electrons. The molecule has 0 unspecified atom stereocenters. The number of unbranched alkanes of at least 4 members (excludes halogenated alkanes) is 1. The van der Waals surface area contributed by atoms with Crippen LogP contribution in [0.5, 0.6) is 0 Å². The van der Waals surface area contributed by atoms with Crippen LogP contribution in [-0.2, 0) is 42.7 Å². The van der Waals surface area contributed by atoms with E-state index in [1.54, 1.807) is 7.11 Å². The molecule has 0 spiro atoms. The van der Waals surface area contributed by atoms with Crippen LogP contribution in [0.2, 0.25) is 0 Å². The zero-order chi connectivity index (χ0) is 30.1. The van der Waals surface area contributed by atoms with Gasteiger partial charge in [-0.05, 0) is 43.6 Å². The van der Waals surface area contributed by atoms with Crippen molar-refractivity contribution in [2.45, 2.75) is 63.8 Å². The molecule has 0 saturated heterocycles. The van der Waals surface area contributed by atoms with Gasteiger partial charge >= 0.3 is 0 Å². The summed E-state index contributed by atoms with van der Waals surface area (Å²) in [5, 5.41) is 3.34. The van der Waals surface area contributed by atoms with E-state index in [0.717, 1.165) is 56.5 Å². The summed E-state index contributed by atoms with van der Waals surface area (Å²) in [6, 6.07) is 0. The number of nitrogens with one attached hydrogen (secondary N) is 1. The van der Waals surface area contributed by atoms with E-state index in [9.17, 15) is 4.79 Å². The molecule has 0 rings (SSSR count). The normalized spacial score (nSPS) is 11.8. The zero-order valence-corrected chi connectivity index (χ0v) is 27.5. The molecule has 1 amide bonds. The predicted octanol–water partition coefficient (Wildman–Crippen LogP) is 3.60. The Balaban J connectivity index is 3.58. The van der Waals surface area contributed by atoms with Crippen LogP contribution >= 0.6 is 25.3 Å². The smallest absolute Gasteiger partial charge is 0.222 e. The van der Waals surface area contributed by atoms with Gasteiger partial charge in [0.1, 0.15) is 0 Å². The first kappa shape index (κ1) is 40.9. The Hall–Kier alpha value is -0.150. The number of thiol groups is 2. The molecule has 0 saturated carbocycles. The lowest BCUT2D eigenvalue weighted by molar-refractivity contribution is -0.124. The Morgan fingerprint density at radius 1 is 0.561 bits per heavy atom. The van der Waals surface area contributed by atoms with Crippen molar-refractivity contribution in [3.63, 3.8) is 0 Å². The fourth-order valence-corrected chi connectivity index (χ4v) is 4.32. The molecule has 0 aliphatic heterocycles. The summed E-state index contributed by atoms with van der Waals surface area (Å²) < 4.78 is 43.1. The van der Waals surface area contributed by atoms with Crippen molar-refractivity contribution < 1.29 is 42.7 Å². The van der Waals surface area contributed by atoms with E-state index in [2.05, 4.69) is 37.5 Å². The van der Waals surface area contributed by atoms with E-state index >= 15 is 0 Å². The second kappa shape index (κ2) is 32.8. The first-order valence-corrected chi connectivity index (χ1v) is 16.5. The number of hydrogen-bond donors (Lipinski definition) is 3. The molecule has 41 heavy (non-hydrogen) atoms. The first-order chi connectivity index (χ1) is 20.1. The van der Waals surface area contributed by atoms with E-state index < -0.39 is 0 Å². The molecule has 12 heteroatoms. The van der Waals surface area contributed by atoms with Crippen molar-refractivity contribution in [3.8, 4) is 0 Å². The van der Waals surface area contributed by atoms with Crippen LogP contribution in [0.25, 0.3) is 0 Å². The molecule has 0 aliphatic rings. The topological polar surface area (TPSA) is 103 Å². The van der Waals surface area contributed by atoms with Gasteiger partial charge in [-0.2, -0.15) is 25.3 Å². The SMILES string of the molecule is CCCCC(CCCS)(CCCS)NC(=O)CCOCCOCCOCCOCCOCCOCCOCCOC. The van der Waals surface area contributed by atoms with Crippen LogP contribution in [0.15, 0.2) is 0 Å². The molecule has 1 N–H and O–H groups in total. The fourth-order valence-electron chi connectivity index (χ4n) is 4.00. The molecule has 0 aromatic rings. The molecule has 0 atom stereocenters. The van der Waals surface area contributed by atoms with Crippen LogP contribution in [0, 0.1) is 0 Å². The number of hydrogen-bond acceptors (Lipinski definition) is 11. The summed E-state index contributed by atoms with van der Waals surface area (Å²) in [6.07, 6.45) is 7.45. The number of ether oxygens (including phenoxy) is 8. The van der Waals surface area contributed by atoms with Gasteiger partial charge in [-0.1, -0.05) is 19.8 Å². The molecule has 0 aromatic heterocycles. The largest absolute Gasteiger partial charge is 0.382 e. The highest BCUT2D eigenvalue weighted by Crippen LogP contribution is 2.27. The summed E-state index contributed by atoms with van der Waals surface area (Å²) in [6.45, 7) is 9.84. The van der Waals surface area contributed by atoms with Gasteiger partial charge in [0.25, 0.3) is 0 Å². The summed E-state index contributed by atoms with van der Waals surface area (Å²) in [5.41, 5.74) is -0.156. The number of carbonyl (C=O) groups is 1. The van der Waals surface area contributed by atoms with Gasteiger partial charge in [-0.25, -0.2) is 0 Å². The van der Waals surface area contributed by atoms with Gasteiger partial charge in [-0.3, -0.25) is 4.79 Å². The lowest BCUT2D eigenvalue weighted by Gasteiger charge is -2.35. The summed E-state index contributed by atoms with van der Waals surface area (Å²) in [4.78, 5) is 12.7. The lowest BCUT2D eigenvalue weighted by atomic mass is 9.83. The second-order valence-corrected chi connectivity index (χ2v) is 10.5. The van der Waals surface area contributed by atoms with E-state index in [1.807, 2.05) is 0 Å². The van der Waals surface area contributed by atoms with Gasteiger partial charge in [0.15, 0.2) is 0 Å². The molecule has 10 nitrogen and oxygen atoms in total. The van der Waals surface area contributed by atoms with Crippen LogP contribution < -0.4 is 5.32 Å². The maximum absolute atomic E-state index is 12.7. The van der Waals surface area contributed by atoms with Crippen molar-refractivity contribution in [2.75, 3.05) is 118 Å². The predicted molar refractivity (Wildman–Crippen MR) is 169 cm³/mol. The highest BCUT2D eigenvalue weighted by molar-refractivity contribution is 7.80. The Morgan fingerprint density at radius 3 is 1.24 bits per heavy atom. The minimum Gasteiger partial charge on any atom is -0.382 e. The van der Waals surface area contributed by atoms with E-state index in [0.29, 0.717) is 106 Å². The molecular weight excluding hydrogens is 570 g/mol. The molecule has 0 bridgehead atoms. The Labute approximate surface area is 260 Å². The van der Waals surface area contributed by atoms with E-state index in [1.165, 1.54) is 0 Å². The molecule has 0 fully saturated rings. The summed E-state index contributed by atoms with van der Waals surface area (Å²) in [5.74, 6) is 1.70. The van der Waals surface area contributed by atoms with Gasteiger partial charge in [-0.15, -0.1) is 0 Å². The minimum absolute atomic E-state index is 0.0483. The van der Waals surface area contributed by atoms with Crippen LogP contribution in [-0.4, -0.2) is 129 Å². The van der Waals surface area contributed by atoms with E-state index in [-0.39, 0.29) is 11.4 Å². The van der Waals surface area contributed by atoms with Crippen LogP contribution in [0.1, 0.15) is 58.3 Å². The zero-order valence-electron chi connectivity index (χ0n) is 25.7. The maximum Gasteiger partial charge on any atom is 0.222 e. The van der Waals surface area contributed by atoms with Crippen molar-refractivity contribution in [1.29, 1.82) is 0 Å². The number of methoxy groups -OCH3 is 1. The Kier molecular flexibility index (Phi) is 32.6. The Bertz CT molecular complexity index is 529. The van der Waals surface area contributed by atoms with Crippen LogP contribution in [0.4, 0.5) is 0 Å². The van der Waals surface area contributed by atoms with Crippen molar-refractivity contribution >= 4 is 31.2 Å². The van der Waals surface area contributed by atoms with Gasteiger partial charge in [0, 0.05) is 19.1 Å². The van der Waals surface area contributed by atoms with Crippen molar-refractivity contribution in [2.24, 2.45) is 0 Å². The summed E-state index contributed by atoms with van der Waals surface area (Å²) >= 11 is 8.75. The number of rotatable bonds is 34. The Morgan fingerprint density at radius 2 is 0.902 bits per heavy atom. The third kappa shape index (κ3) is 28.4. The molecule has 0 radical (unpaired) electrons. The molecule has 0 aliphatic carbocycles. The number of carbonyl (C=O) groups excluding carboxylic acids is 1. The highest BCUT2D eigenvalue weighted by Gasteiger charge is 2.30. The average molecular weight is 630 g/mol. The standard InChI is InChI=1S/C29H59NO9S2/c1-3-4-8-29(9-5-26-40,10-6-27-41)30-28(31)7-11-33-14-15-35-18-19-37-22-23-39-25-24-38-21-20-36-17-16-34-13-12-32-2/h40-41H,3-27H2,1-2H3,(H,30,31). The fraction of sp³-hybridized carbons (Fsp3) is 0.966. The van der Waals surface area contributed by atoms with Crippen molar-refractivity contribution in [3.05, 3.63) is 0 Å². The average Bonchev–Trinajstić information content (AvgIpc) is 2.98. The molecule has 0 aromatic carbocycles. The monoisotopic (exact) mass is 629 g/mol. The number of amides is 1. The first-order valence-electron chi connectivity index (χ1n) is 15.2.